The molecule has 0 aromatic rings. The molecule has 2 aliphatic heterocycles. The molecule has 0 bridgehead atoms. The number of rotatable bonds is 2. The van der Waals surface area contributed by atoms with Gasteiger partial charge in [-0.3, -0.25) is 9.46 Å². The van der Waals surface area contributed by atoms with Crippen LogP contribution in [0.25, 0.3) is 0 Å². The highest BCUT2D eigenvalue weighted by Crippen LogP contribution is 2.45. The summed E-state index contributed by atoms with van der Waals surface area (Å²) >= 11 is 0. The number of carbonyl (C=O) groups is 1. The summed E-state index contributed by atoms with van der Waals surface area (Å²) in [5, 5.41) is 2.56. The summed E-state index contributed by atoms with van der Waals surface area (Å²) in [5.74, 6) is 0. The largest absolute Gasteiger partial charge is 0.364 e. The molecule has 0 radical (unpaired) electrons. The molecule has 0 saturated carbocycles. The minimum atomic E-state index is -2.58. The van der Waals surface area contributed by atoms with Gasteiger partial charge >= 0.3 is 6.03 Å². The molecule has 7 nitrogen and oxygen atoms in total. The summed E-state index contributed by atoms with van der Waals surface area (Å²) < 4.78 is 22.1. The maximum atomic E-state index is 11.5. The zero-order chi connectivity index (χ0) is 12.5. The highest BCUT2D eigenvalue weighted by atomic mass is 31.2. The van der Waals surface area contributed by atoms with Crippen molar-refractivity contribution in [2.75, 3.05) is 26.2 Å². The van der Waals surface area contributed by atoms with Crippen LogP contribution >= 0.6 is 7.37 Å². The first-order valence-corrected chi connectivity index (χ1v) is 7.56. The lowest BCUT2D eigenvalue weighted by atomic mass is 10.3. The molecule has 0 aromatic heterocycles. The zero-order valence-corrected chi connectivity index (χ0v) is 10.4. The molecule has 1 saturated heterocycles. The van der Waals surface area contributed by atoms with Crippen LogP contribution in [0.4, 0.5) is 4.79 Å². The number of hydrogen-bond acceptors (Lipinski definition) is 5. The minimum Gasteiger partial charge on any atom is -0.364 e. The maximum absolute atomic E-state index is 11.5. The Bertz CT molecular complexity index is 374. The van der Waals surface area contributed by atoms with E-state index in [0.717, 1.165) is 0 Å². The lowest BCUT2D eigenvalue weighted by molar-refractivity contribution is 0.00440. The fourth-order valence-corrected chi connectivity index (χ4v) is 2.61. The molecule has 0 aromatic carbocycles. The van der Waals surface area contributed by atoms with Crippen LogP contribution in [0, 0.1) is 0 Å². The predicted molar refractivity (Wildman–Crippen MR) is 61.6 cm³/mol. The lowest BCUT2D eigenvalue weighted by Crippen LogP contribution is -2.52. The second-order valence-electron chi connectivity index (χ2n) is 4.20. The fourth-order valence-electron chi connectivity index (χ4n) is 1.57. The number of hydrogen-bond donors (Lipinski definition) is 2. The number of nitrogens with two attached hydrogens (primary N) is 1. The Morgan fingerprint density at radius 3 is 3.06 bits per heavy atom. The van der Waals surface area contributed by atoms with Crippen molar-refractivity contribution in [3.8, 4) is 0 Å². The van der Waals surface area contributed by atoms with E-state index < -0.39 is 13.5 Å². The van der Waals surface area contributed by atoms with Gasteiger partial charge in [0.2, 0.25) is 7.37 Å². The van der Waals surface area contributed by atoms with Crippen LogP contribution < -0.4 is 11.1 Å². The van der Waals surface area contributed by atoms with Gasteiger partial charge in [0.25, 0.3) is 0 Å². The maximum Gasteiger partial charge on any atom is 0.322 e. The summed E-state index contributed by atoms with van der Waals surface area (Å²) in [5.41, 5.74) is 5.52. The van der Waals surface area contributed by atoms with Crippen molar-refractivity contribution in [3.05, 3.63) is 12.3 Å². The van der Waals surface area contributed by atoms with Gasteiger partial charge in [0.1, 0.15) is 12.5 Å². The van der Waals surface area contributed by atoms with Crippen molar-refractivity contribution in [2.45, 2.75) is 12.3 Å². The predicted octanol–water partition coefficient (Wildman–Crippen LogP) is 0.0909. The molecule has 3 N–H and O–H groups in total. The van der Waals surface area contributed by atoms with Crippen LogP contribution in [0.2, 0.25) is 0 Å². The molecule has 0 aliphatic carbocycles. The second kappa shape index (κ2) is 4.78. The first kappa shape index (κ1) is 12.6. The molecule has 8 heteroatoms. The van der Waals surface area contributed by atoms with Gasteiger partial charge in [-0.1, -0.05) is 0 Å². The van der Waals surface area contributed by atoms with Crippen LogP contribution in [0.3, 0.4) is 0 Å². The van der Waals surface area contributed by atoms with Crippen molar-refractivity contribution in [3.63, 3.8) is 0 Å². The summed E-state index contributed by atoms with van der Waals surface area (Å²) in [7, 11) is -2.58. The minimum absolute atomic E-state index is 0.0936. The lowest BCUT2D eigenvalue weighted by Gasteiger charge is -2.32. The third-order valence-electron chi connectivity index (χ3n) is 2.50. The van der Waals surface area contributed by atoms with E-state index in [-0.39, 0.29) is 25.1 Å². The van der Waals surface area contributed by atoms with Crippen LogP contribution in [-0.2, 0) is 13.8 Å². The number of carbonyl (C=O) groups excluding carboxylic acids is 1. The highest BCUT2D eigenvalue weighted by Gasteiger charge is 2.30. The standard InChI is InChI=1S/C9H16N3O4P/c1-17(14)6-15-7(5-16-17)4-12-3-2-8(10)11-9(12)13/h2-3,7-8H,4-6,10H2,1H3,(H,11,13)/t7-,8?,17?/m0/s1. The van der Waals surface area contributed by atoms with E-state index in [4.69, 9.17) is 15.0 Å². The van der Waals surface area contributed by atoms with Gasteiger partial charge in [-0.2, -0.15) is 0 Å². The smallest absolute Gasteiger partial charge is 0.322 e. The van der Waals surface area contributed by atoms with E-state index >= 15 is 0 Å². The summed E-state index contributed by atoms with van der Waals surface area (Å²) in [6.45, 7) is 2.13. The van der Waals surface area contributed by atoms with Crippen molar-refractivity contribution >= 4 is 13.4 Å². The number of ether oxygens (including phenoxy) is 1. The van der Waals surface area contributed by atoms with Gasteiger partial charge in [-0.05, 0) is 6.08 Å². The van der Waals surface area contributed by atoms with E-state index in [2.05, 4.69) is 5.32 Å². The first-order chi connectivity index (χ1) is 7.96. The summed E-state index contributed by atoms with van der Waals surface area (Å²) in [4.78, 5) is 13.0. The van der Waals surface area contributed by atoms with Crippen molar-refractivity contribution in [1.29, 1.82) is 0 Å². The molecule has 0 spiro atoms. The van der Waals surface area contributed by atoms with Gasteiger partial charge in [0.05, 0.1) is 19.3 Å². The summed E-state index contributed by atoms with van der Waals surface area (Å²) in [6.07, 6.45) is 2.68. The summed E-state index contributed by atoms with van der Waals surface area (Å²) in [6, 6.07) is -0.270. The van der Waals surface area contributed by atoms with E-state index in [1.807, 2.05) is 0 Å². The van der Waals surface area contributed by atoms with Crippen LogP contribution in [0.5, 0.6) is 0 Å². The van der Waals surface area contributed by atoms with E-state index in [1.54, 1.807) is 12.3 Å². The Labute approximate surface area is 99.4 Å². The average molecular weight is 261 g/mol. The zero-order valence-electron chi connectivity index (χ0n) is 9.54. The molecule has 2 heterocycles. The van der Waals surface area contributed by atoms with E-state index in [1.165, 1.54) is 11.6 Å². The Hall–Kier alpha value is -0.880. The SMILES string of the molecule is CP1(=O)CO[C@@H](CN2C=CC(N)NC2=O)CO1. The normalized spacial score (nSPS) is 38.0. The molecule has 3 atom stereocenters. The molecule has 2 amide bonds. The molecule has 17 heavy (non-hydrogen) atoms. The van der Waals surface area contributed by atoms with Crippen LogP contribution in [0.15, 0.2) is 12.3 Å². The monoisotopic (exact) mass is 261 g/mol. The third-order valence-corrected chi connectivity index (χ3v) is 3.82. The van der Waals surface area contributed by atoms with E-state index in [0.29, 0.717) is 6.54 Å². The number of amides is 2. The molecule has 2 aliphatic rings. The fraction of sp³-hybridized carbons (Fsp3) is 0.667. The van der Waals surface area contributed by atoms with Gasteiger partial charge < -0.3 is 20.3 Å². The molecule has 2 rings (SSSR count). The van der Waals surface area contributed by atoms with Crippen molar-refractivity contribution in [2.24, 2.45) is 5.73 Å². The first-order valence-electron chi connectivity index (χ1n) is 5.30. The number of nitrogens with zero attached hydrogens (tertiary/aromatic N) is 1. The number of nitrogens with one attached hydrogen (secondary N) is 1. The third kappa shape index (κ3) is 3.29. The average Bonchev–Trinajstić information content (AvgIpc) is 2.25. The Balaban J connectivity index is 1.88. The van der Waals surface area contributed by atoms with Crippen molar-refractivity contribution < 1.29 is 18.6 Å². The highest BCUT2D eigenvalue weighted by molar-refractivity contribution is 7.58. The van der Waals surface area contributed by atoms with Crippen LogP contribution in [-0.4, -0.2) is 49.4 Å². The molecular formula is C9H16N3O4P. The topological polar surface area (TPSA) is 93.9 Å². The van der Waals surface area contributed by atoms with Gasteiger partial charge in [-0.25, -0.2) is 4.79 Å². The molecule has 1 fully saturated rings. The Morgan fingerprint density at radius 1 is 1.71 bits per heavy atom. The molecule has 96 valence electrons. The Kier molecular flexibility index (Phi) is 3.53. The van der Waals surface area contributed by atoms with Crippen LogP contribution in [0.1, 0.15) is 0 Å². The van der Waals surface area contributed by atoms with E-state index in [9.17, 15) is 9.36 Å². The molecular weight excluding hydrogens is 245 g/mol. The molecule has 2 unspecified atom stereocenters. The second-order valence-corrected chi connectivity index (χ2v) is 6.74. The van der Waals surface area contributed by atoms with Gasteiger partial charge in [-0.15, -0.1) is 0 Å². The van der Waals surface area contributed by atoms with Crippen molar-refractivity contribution in [1.82, 2.24) is 10.2 Å². The van der Waals surface area contributed by atoms with Gasteiger partial charge in [0, 0.05) is 12.9 Å². The Morgan fingerprint density at radius 2 is 2.47 bits per heavy atom. The quantitative estimate of drug-likeness (QED) is 0.687. The van der Waals surface area contributed by atoms with Gasteiger partial charge in [0.15, 0.2) is 0 Å². The number of urea groups is 1.